The number of carboxylic acid groups (broad SMARTS) is 1. The van der Waals surface area contributed by atoms with Gasteiger partial charge in [0.1, 0.15) is 6.61 Å². The van der Waals surface area contributed by atoms with Gasteiger partial charge in [-0.1, -0.05) is 61.4 Å². The minimum atomic E-state index is -0.750. The molecule has 1 aliphatic heterocycles. The third kappa shape index (κ3) is 3.87. The molecule has 2 unspecified atom stereocenters. The molecule has 4 aliphatic rings. The van der Waals surface area contributed by atoms with Crippen LogP contribution in [0.1, 0.15) is 42.7 Å². The van der Waals surface area contributed by atoms with Crippen LogP contribution in [-0.2, 0) is 14.3 Å². The molecule has 6 rings (SSSR count). The molecule has 0 aromatic heterocycles. The molecule has 2 saturated carbocycles. The summed E-state index contributed by atoms with van der Waals surface area (Å²) in [5, 5.41) is 12.2. The standard InChI is InChI=1S/C28H30N2O5/c31-26(30-13-21-22(14-30)25(21)27(32)33)20-11-5-6-12-24(20)29-28(34)35-15-23-18-9-3-1-7-16(18)17-8-2-4-10-19(17)23/h1-4,7-10,20-25H,5-6,11-15H2,(H,29,34)(H,32,33)/t20-,21?,22?,24+,25?/m1/s1. The fourth-order valence-electron chi connectivity index (χ4n) is 6.70. The summed E-state index contributed by atoms with van der Waals surface area (Å²) in [6.07, 6.45) is 2.93. The lowest BCUT2D eigenvalue weighted by molar-refractivity contribution is -0.142. The van der Waals surface area contributed by atoms with Crippen LogP contribution in [0.5, 0.6) is 0 Å². The molecule has 1 saturated heterocycles. The number of likely N-dealkylation sites (tertiary alicyclic amines) is 1. The summed E-state index contributed by atoms with van der Waals surface area (Å²) in [5.41, 5.74) is 4.70. The maximum Gasteiger partial charge on any atom is 0.407 e. The van der Waals surface area contributed by atoms with Crippen molar-refractivity contribution in [1.82, 2.24) is 10.2 Å². The van der Waals surface area contributed by atoms with Crippen LogP contribution in [0, 0.1) is 23.7 Å². The number of nitrogens with one attached hydrogen (secondary N) is 1. The highest BCUT2D eigenvalue weighted by Crippen LogP contribution is 2.52. The van der Waals surface area contributed by atoms with Crippen molar-refractivity contribution in [2.75, 3.05) is 19.7 Å². The highest BCUT2D eigenvalue weighted by atomic mass is 16.5. The Hall–Kier alpha value is -3.35. The number of rotatable bonds is 5. The van der Waals surface area contributed by atoms with Crippen molar-refractivity contribution in [1.29, 1.82) is 0 Å². The Kier molecular flexibility index (Phi) is 5.50. The zero-order chi connectivity index (χ0) is 24.1. The van der Waals surface area contributed by atoms with Gasteiger partial charge in [-0.25, -0.2) is 4.79 Å². The first kappa shape index (κ1) is 22.1. The number of fused-ring (bicyclic) bond motifs is 4. The molecule has 2 amide bonds. The number of hydrogen-bond acceptors (Lipinski definition) is 4. The first-order valence-corrected chi connectivity index (χ1v) is 12.7. The molecule has 0 radical (unpaired) electrons. The molecule has 2 aromatic carbocycles. The van der Waals surface area contributed by atoms with Gasteiger partial charge in [-0.15, -0.1) is 0 Å². The van der Waals surface area contributed by atoms with Gasteiger partial charge in [-0.05, 0) is 46.9 Å². The molecule has 3 aliphatic carbocycles. The van der Waals surface area contributed by atoms with E-state index in [1.54, 1.807) is 0 Å². The molecule has 4 atom stereocenters. The number of hydrogen-bond donors (Lipinski definition) is 2. The van der Waals surface area contributed by atoms with Crippen molar-refractivity contribution < 1.29 is 24.2 Å². The van der Waals surface area contributed by atoms with E-state index in [0.29, 0.717) is 13.1 Å². The fourth-order valence-corrected chi connectivity index (χ4v) is 6.70. The summed E-state index contributed by atoms with van der Waals surface area (Å²) in [7, 11) is 0. The molecule has 1 heterocycles. The van der Waals surface area contributed by atoms with Crippen LogP contribution in [0.2, 0.25) is 0 Å². The van der Waals surface area contributed by atoms with E-state index in [1.165, 1.54) is 22.3 Å². The van der Waals surface area contributed by atoms with E-state index < -0.39 is 12.1 Å². The van der Waals surface area contributed by atoms with Gasteiger partial charge in [-0.2, -0.15) is 0 Å². The number of alkyl carbamates (subject to hydrolysis) is 1. The molecule has 182 valence electrons. The summed E-state index contributed by atoms with van der Waals surface area (Å²) in [4.78, 5) is 39.2. The maximum absolute atomic E-state index is 13.3. The molecular formula is C28H30N2O5. The lowest BCUT2D eigenvalue weighted by atomic mass is 9.83. The average Bonchev–Trinajstić information content (AvgIpc) is 3.22. The normalized spacial score (nSPS) is 28.6. The van der Waals surface area contributed by atoms with Crippen molar-refractivity contribution in [2.24, 2.45) is 23.7 Å². The van der Waals surface area contributed by atoms with Gasteiger partial charge in [-0.3, -0.25) is 9.59 Å². The van der Waals surface area contributed by atoms with Crippen LogP contribution < -0.4 is 5.32 Å². The summed E-state index contributed by atoms with van der Waals surface area (Å²) in [6, 6.07) is 16.2. The number of aliphatic carboxylic acids is 1. The lowest BCUT2D eigenvalue weighted by Crippen LogP contribution is -2.50. The van der Waals surface area contributed by atoms with Crippen LogP contribution in [0.15, 0.2) is 48.5 Å². The Morgan fingerprint density at radius 1 is 0.914 bits per heavy atom. The predicted molar refractivity (Wildman–Crippen MR) is 129 cm³/mol. The molecule has 35 heavy (non-hydrogen) atoms. The van der Waals surface area contributed by atoms with E-state index in [-0.39, 0.29) is 48.1 Å². The second kappa shape index (κ2) is 8.70. The monoisotopic (exact) mass is 474 g/mol. The van der Waals surface area contributed by atoms with Crippen LogP contribution in [0.4, 0.5) is 4.79 Å². The smallest absolute Gasteiger partial charge is 0.407 e. The van der Waals surface area contributed by atoms with Crippen molar-refractivity contribution in [3.8, 4) is 11.1 Å². The number of carboxylic acids is 1. The van der Waals surface area contributed by atoms with Crippen molar-refractivity contribution in [3.63, 3.8) is 0 Å². The Labute approximate surface area is 204 Å². The van der Waals surface area contributed by atoms with E-state index in [9.17, 15) is 19.5 Å². The van der Waals surface area contributed by atoms with E-state index in [2.05, 4.69) is 29.6 Å². The average molecular weight is 475 g/mol. The summed E-state index contributed by atoms with van der Waals surface area (Å²) < 4.78 is 5.72. The number of carbonyl (C=O) groups is 3. The quantitative estimate of drug-likeness (QED) is 0.686. The van der Waals surface area contributed by atoms with Gasteiger partial charge < -0.3 is 20.1 Å². The Morgan fingerprint density at radius 2 is 1.51 bits per heavy atom. The van der Waals surface area contributed by atoms with Gasteiger partial charge in [0.25, 0.3) is 0 Å². The van der Waals surface area contributed by atoms with Gasteiger partial charge in [0.15, 0.2) is 0 Å². The highest BCUT2D eigenvalue weighted by molar-refractivity contribution is 5.83. The van der Waals surface area contributed by atoms with Gasteiger partial charge in [0.2, 0.25) is 5.91 Å². The zero-order valence-corrected chi connectivity index (χ0v) is 19.6. The molecule has 3 fully saturated rings. The first-order valence-electron chi connectivity index (χ1n) is 12.7. The molecule has 2 N–H and O–H groups in total. The number of benzene rings is 2. The fraction of sp³-hybridized carbons (Fsp3) is 0.464. The van der Waals surface area contributed by atoms with Crippen LogP contribution in [0.25, 0.3) is 11.1 Å². The van der Waals surface area contributed by atoms with Crippen LogP contribution in [-0.4, -0.2) is 53.7 Å². The highest BCUT2D eigenvalue weighted by Gasteiger charge is 2.61. The van der Waals surface area contributed by atoms with E-state index in [1.807, 2.05) is 29.2 Å². The molecule has 7 nitrogen and oxygen atoms in total. The SMILES string of the molecule is O=C(N[C@H]1CCCC[C@H]1C(=O)N1CC2C(C1)C2C(=O)O)OCC1c2ccccc2-c2ccccc21. The molecule has 0 bridgehead atoms. The minimum absolute atomic E-state index is 0.00422. The minimum Gasteiger partial charge on any atom is -0.481 e. The van der Waals surface area contributed by atoms with Crippen molar-refractivity contribution in [3.05, 3.63) is 59.7 Å². The third-order valence-corrected chi connectivity index (χ3v) is 8.52. The van der Waals surface area contributed by atoms with Gasteiger partial charge in [0, 0.05) is 25.0 Å². The van der Waals surface area contributed by atoms with E-state index in [4.69, 9.17) is 4.74 Å². The Morgan fingerprint density at radius 3 is 2.14 bits per heavy atom. The van der Waals surface area contributed by atoms with Crippen molar-refractivity contribution in [2.45, 2.75) is 37.6 Å². The number of carbonyl (C=O) groups excluding carboxylic acids is 2. The van der Waals surface area contributed by atoms with Crippen molar-refractivity contribution >= 4 is 18.0 Å². The van der Waals surface area contributed by atoms with Crippen LogP contribution in [0.3, 0.4) is 0 Å². The largest absolute Gasteiger partial charge is 0.481 e. The Bertz CT molecular complexity index is 1120. The lowest BCUT2D eigenvalue weighted by Gasteiger charge is -2.34. The zero-order valence-electron chi connectivity index (χ0n) is 19.6. The molecule has 0 spiro atoms. The maximum atomic E-state index is 13.3. The Balaban J connectivity index is 1.08. The van der Waals surface area contributed by atoms with Gasteiger partial charge >= 0.3 is 12.1 Å². The number of nitrogens with zero attached hydrogens (tertiary/aromatic N) is 1. The van der Waals surface area contributed by atoms with E-state index in [0.717, 1.165) is 25.7 Å². The van der Waals surface area contributed by atoms with Crippen LogP contribution >= 0.6 is 0 Å². The summed E-state index contributed by atoms with van der Waals surface area (Å²) >= 11 is 0. The molecule has 2 aromatic rings. The number of amides is 2. The van der Waals surface area contributed by atoms with E-state index >= 15 is 0 Å². The molecule has 7 heteroatoms. The number of piperidine rings is 1. The molecular weight excluding hydrogens is 444 g/mol. The number of ether oxygens (including phenoxy) is 1. The summed E-state index contributed by atoms with van der Waals surface area (Å²) in [6.45, 7) is 1.29. The predicted octanol–water partition coefficient (Wildman–Crippen LogP) is 3.87. The van der Waals surface area contributed by atoms with Gasteiger partial charge in [0.05, 0.1) is 11.8 Å². The third-order valence-electron chi connectivity index (χ3n) is 8.52. The second-order valence-electron chi connectivity index (χ2n) is 10.4. The first-order chi connectivity index (χ1) is 17.0. The topological polar surface area (TPSA) is 95.9 Å². The summed E-state index contributed by atoms with van der Waals surface area (Å²) in [5.74, 6) is -1.09. The second-order valence-corrected chi connectivity index (χ2v) is 10.4.